The second-order valence-corrected chi connectivity index (χ2v) is 5.36. The van der Waals surface area contributed by atoms with Crippen LogP contribution in [0.3, 0.4) is 0 Å². The lowest BCUT2D eigenvalue weighted by atomic mass is 10.1. The smallest absolute Gasteiger partial charge is 0.226 e. The molecule has 2 rings (SSSR count). The molecule has 0 saturated heterocycles. The average molecular weight is 282 g/mol. The van der Waals surface area contributed by atoms with E-state index in [9.17, 15) is 4.79 Å². The predicted octanol–water partition coefficient (Wildman–Crippen LogP) is 4.05. The van der Waals surface area contributed by atoms with Gasteiger partial charge in [0.05, 0.1) is 0 Å². The van der Waals surface area contributed by atoms with Gasteiger partial charge in [0.15, 0.2) is 0 Å². The van der Waals surface area contributed by atoms with E-state index >= 15 is 0 Å². The summed E-state index contributed by atoms with van der Waals surface area (Å²) in [7, 11) is 0. The van der Waals surface area contributed by atoms with Crippen molar-refractivity contribution in [3.05, 3.63) is 59.2 Å². The minimum Gasteiger partial charge on any atom is -0.384 e. The van der Waals surface area contributed by atoms with Crippen LogP contribution >= 0.6 is 0 Å². The van der Waals surface area contributed by atoms with Gasteiger partial charge in [-0.3, -0.25) is 4.79 Å². The van der Waals surface area contributed by atoms with Crippen LogP contribution in [-0.4, -0.2) is 12.5 Å². The van der Waals surface area contributed by atoms with E-state index in [4.69, 9.17) is 0 Å². The molecule has 0 fully saturated rings. The number of amides is 1. The first-order valence-electron chi connectivity index (χ1n) is 7.23. The summed E-state index contributed by atoms with van der Waals surface area (Å²) >= 11 is 0. The first-order chi connectivity index (χ1) is 10.1. The number of anilines is 2. The molecule has 0 aliphatic rings. The number of hydrogen-bond acceptors (Lipinski definition) is 2. The highest BCUT2D eigenvalue weighted by molar-refractivity contribution is 5.91. The van der Waals surface area contributed by atoms with Crippen LogP contribution in [0.4, 0.5) is 11.4 Å². The van der Waals surface area contributed by atoms with Gasteiger partial charge in [-0.05, 0) is 49.6 Å². The summed E-state index contributed by atoms with van der Waals surface area (Å²) in [6.07, 6.45) is 0.446. The lowest BCUT2D eigenvalue weighted by molar-refractivity contribution is -0.115. The molecule has 2 aromatic rings. The molecular weight excluding hydrogens is 260 g/mol. The Balaban J connectivity index is 1.85. The molecule has 0 heterocycles. The van der Waals surface area contributed by atoms with Gasteiger partial charge in [0.1, 0.15) is 0 Å². The number of nitrogens with one attached hydrogen (secondary N) is 2. The average Bonchev–Trinajstić information content (AvgIpc) is 2.45. The molecule has 3 nitrogen and oxygen atoms in total. The van der Waals surface area contributed by atoms with Gasteiger partial charge in [0, 0.05) is 24.3 Å². The number of rotatable bonds is 5. The van der Waals surface area contributed by atoms with E-state index in [1.807, 2.05) is 31.2 Å². The number of aryl methyl sites for hydroxylation is 3. The SMILES string of the molecule is Cc1ccc(C)c(NCCC(=O)Nc2ccccc2C)c1. The van der Waals surface area contributed by atoms with Crippen molar-refractivity contribution in [2.75, 3.05) is 17.2 Å². The van der Waals surface area contributed by atoms with Gasteiger partial charge < -0.3 is 10.6 Å². The normalized spacial score (nSPS) is 10.2. The minimum absolute atomic E-state index is 0.0297. The highest BCUT2D eigenvalue weighted by Crippen LogP contribution is 2.16. The molecule has 0 radical (unpaired) electrons. The summed E-state index contributed by atoms with van der Waals surface area (Å²) < 4.78 is 0. The van der Waals surface area contributed by atoms with E-state index in [1.165, 1.54) is 11.1 Å². The van der Waals surface area contributed by atoms with E-state index in [0.717, 1.165) is 16.9 Å². The van der Waals surface area contributed by atoms with Crippen LogP contribution in [0.15, 0.2) is 42.5 Å². The second kappa shape index (κ2) is 6.93. The van der Waals surface area contributed by atoms with Crippen molar-refractivity contribution in [2.24, 2.45) is 0 Å². The molecule has 1 amide bonds. The van der Waals surface area contributed by atoms with Crippen molar-refractivity contribution < 1.29 is 4.79 Å². The predicted molar refractivity (Wildman–Crippen MR) is 88.8 cm³/mol. The Kier molecular flexibility index (Phi) is 4.99. The fraction of sp³-hybridized carbons (Fsp3) is 0.278. The summed E-state index contributed by atoms with van der Waals surface area (Å²) in [4.78, 5) is 12.0. The zero-order valence-corrected chi connectivity index (χ0v) is 12.9. The van der Waals surface area contributed by atoms with Gasteiger partial charge in [-0.1, -0.05) is 30.3 Å². The maximum Gasteiger partial charge on any atom is 0.226 e. The molecule has 2 aromatic carbocycles. The van der Waals surface area contributed by atoms with Gasteiger partial charge in [-0.25, -0.2) is 0 Å². The summed E-state index contributed by atoms with van der Waals surface area (Å²) in [6.45, 7) is 6.75. The van der Waals surface area contributed by atoms with E-state index in [0.29, 0.717) is 13.0 Å². The quantitative estimate of drug-likeness (QED) is 0.868. The Morgan fingerprint density at radius 3 is 2.43 bits per heavy atom. The Bertz CT molecular complexity index is 635. The Morgan fingerprint density at radius 1 is 0.952 bits per heavy atom. The fourth-order valence-electron chi connectivity index (χ4n) is 2.16. The molecule has 21 heavy (non-hydrogen) atoms. The van der Waals surface area contributed by atoms with Crippen LogP contribution in [0.5, 0.6) is 0 Å². The molecule has 0 bridgehead atoms. The third-order valence-corrected chi connectivity index (χ3v) is 3.48. The maximum atomic E-state index is 12.0. The van der Waals surface area contributed by atoms with Gasteiger partial charge in [-0.2, -0.15) is 0 Å². The van der Waals surface area contributed by atoms with Crippen molar-refractivity contribution in [3.8, 4) is 0 Å². The third-order valence-electron chi connectivity index (χ3n) is 3.48. The molecule has 0 spiro atoms. The second-order valence-electron chi connectivity index (χ2n) is 5.36. The van der Waals surface area contributed by atoms with Crippen molar-refractivity contribution in [1.29, 1.82) is 0 Å². The summed E-state index contributed by atoms with van der Waals surface area (Å²) in [5.41, 5.74) is 5.47. The molecule has 0 unspecified atom stereocenters. The summed E-state index contributed by atoms with van der Waals surface area (Å²) in [6, 6.07) is 14.1. The van der Waals surface area contributed by atoms with Crippen LogP contribution in [0, 0.1) is 20.8 Å². The van der Waals surface area contributed by atoms with Crippen molar-refractivity contribution in [2.45, 2.75) is 27.2 Å². The van der Waals surface area contributed by atoms with Gasteiger partial charge in [0.2, 0.25) is 5.91 Å². The number of benzene rings is 2. The van der Waals surface area contributed by atoms with E-state index < -0.39 is 0 Å². The molecule has 0 aliphatic carbocycles. The summed E-state index contributed by atoms with van der Waals surface area (Å²) in [5.74, 6) is 0.0297. The van der Waals surface area contributed by atoms with Crippen LogP contribution in [0.2, 0.25) is 0 Å². The Hall–Kier alpha value is -2.29. The molecule has 3 heteroatoms. The Morgan fingerprint density at radius 2 is 1.67 bits per heavy atom. The number of carbonyl (C=O) groups is 1. The van der Waals surface area contributed by atoms with Crippen LogP contribution in [-0.2, 0) is 4.79 Å². The zero-order valence-electron chi connectivity index (χ0n) is 12.9. The van der Waals surface area contributed by atoms with Crippen molar-refractivity contribution >= 4 is 17.3 Å². The molecule has 110 valence electrons. The zero-order chi connectivity index (χ0) is 15.2. The summed E-state index contributed by atoms with van der Waals surface area (Å²) in [5, 5.41) is 6.27. The van der Waals surface area contributed by atoms with E-state index in [1.54, 1.807) is 0 Å². The monoisotopic (exact) mass is 282 g/mol. The van der Waals surface area contributed by atoms with Crippen molar-refractivity contribution in [3.63, 3.8) is 0 Å². The minimum atomic E-state index is 0.0297. The lowest BCUT2D eigenvalue weighted by Gasteiger charge is -2.11. The van der Waals surface area contributed by atoms with Crippen LogP contribution in [0.1, 0.15) is 23.1 Å². The third kappa shape index (κ3) is 4.35. The molecule has 0 saturated carbocycles. The molecule has 0 aromatic heterocycles. The highest BCUT2D eigenvalue weighted by atomic mass is 16.1. The highest BCUT2D eigenvalue weighted by Gasteiger charge is 2.04. The van der Waals surface area contributed by atoms with Gasteiger partial charge in [-0.15, -0.1) is 0 Å². The Labute approximate surface area is 126 Å². The largest absolute Gasteiger partial charge is 0.384 e. The maximum absolute atomic E-state index is 12.0. The van der Waals surface area contributed by atoms with E-state index in [2.05, 4.69) is 42.7 Å². The van der Waals surface area contributed by atoms with Crippen molar-refractivity contribution in [1.82, 2.24) is 0 Å². The standard InChI is InChI=1S/C18H22N2O/c1-13-8-9-15(3)17(12-13)19-11-10-18(21)20-16-7-5-4-6-14(16)2/h4-9,12,19H,10-11H2,1-3H3,(H,20,21). The topological polar surface area (TPSA) is 41.1 Å². The first kappa shape index (κ1) is 15.1. The van der Waals surface area contributed by atoms with Crippen LogP contribution < -0.4 is 10.6 Å². The molecule has 2 N–H and O–H groups in total. The number of para-hydroxylation sites is 1. The molecular formula is C18H22N2O. The van der Waals surface area contributed by atoms with Gasteiger partial charge >= 0.3 is 0 Å². The molecule has 0 aliphatic heterocycles. The lowest BCUT2D eigenvalue weighted by Crippen LogP contribution is -2.17. The van der Waals surface area contributed by atoms with Gasteiger partial charge in [0.25, 0.3) is 0 Å². The molecule has 0 atom stereocenters. The number of hydrogen-bond donors (Lipinski definition) is 2. The first-order valence-corrected chi connectivity index (χ1v) is 7.23. The van der Waals surface area contributed by atoms with Crippen LogP contribution in [0.25, 0.3) is 0 Å². The fourth-order valence-corrected chi connectivity index (χ4v) is 2.16. The number of carbonyl (C=O) groups excluding carboxylic acids is 1. The van der Waals surface area contributed by atoms with E-state index in [-0.39, 0.29) is 5.91 Å².